The first kappa shape index (κ1) is 14.5. The SMILES string of the molecule is C[C@@H](NC(=O)Cn1c(=O)oc2ccccc21)[C@@H]1C[C@H]2CC[C@H]1C2. The molecule has 0 spiro atoms. The molecule has 1 aromatic carbocycles. The maximum Gasteiger partial charge on any atom is 0.420 e. The average molecular weight is 314 g/mol. The highest BCUT2D eigenvalue weighted by atomic mass is 16.4. The van der Waals surface area contributed by atoms with Gasteiger partial charge in [-0.2, -0.15) is 0 Å². The Labute approximate surface area is 134 Å². The maximum atomic E-state index is 12.4. The summed E-state index contributed by atoms with van der Waals surface area (Å²) in [5.74, 6) is 1.64. The summed E-state index contributed by atoms with van der Waals surface area (Å²) in [7, 11) is 0. The van der Waals surface area contributed by atoms with Gasteiger partial charge in [-0.25, -0.2) is 4.79 Å². The van der Waals surface area contributed by atoms with Crippen molar-refractivity contribution in [2.45, 2.75) is 45.2 Å². The minimum Gasteiger partial charge on any atom is -0.408 e. The van der Waals surface area contributed by atoms with Gasteiger partial charge in [-0.05, 0) is 56.1 Å². The topological polar surface area (TPSA) is 64.2 Å². The van der Waals surface area contributed by atoms with Crippen molar-refractivity contribution in [2.75, 3.05) is 0 Å². The van der Waals surface area contributed by atoms with Gasteiger partial charge in [0.15, 0.2) is 5.58 Å². The largest absolute Gasteiger partial charge is 0.420 e. The van der Waals surface area contributed by atoms with E-state index in [1.807, 2.05) is 12.1 Å². The van der Waals surface area contributed by atoms with Crippen LogP contribution in [0.4, 0.5) is 0 Å². The first-order valence-electron chi connectivity index (χ1n) is 8.49. The minimum atomic E-state index is -0.478. The van der Waals surface area contributed by atoms with Crippen LogP contribution in [-0.2, 0) is 11.3 Å². The molecule has 0 saturated heterocycles. The molecule has 5 heteroatoms. The molecule has 2 aliphatic carbocycles. The molecule has 2 aromatic rings. The Morgan fingerprint density at radius 1 is 1.35 bits per heavy atom. The number of nitrogens with zero attached hydrogens (tertiary/aromatic N) is 1. The molecule has 1 heterocycles. The summed E-state index contributed by atoms with van der Waals surface area (Å²) in [6.07, 6.45) is 5.23. The van der Waals surface area contributed by atoms with Gasteiger partial charge in [0.2, 0.25) is 5.91 Å². The number of fused-ring (bicyclic) bond motifs is 3. The average Bonchev–Trinajstić information content (AvgIpc) is 3.22. The molecule has 2 fully saturated rings. The summed E-state index contributed by atoms with van der Waals surface area (Å²) < 4.78 is 6.57. The van der Waals surface area contributed by atoms with E-state index in [1.165, 1.54) is 30.3 Å². The number of nitrogens with one attached hydrogen (secondary N) is 1. The summed E-state index contributed by atoms with van der Waals surface area (Å²) in [4.78, 5) is 24.3. The van der Waals surface area contributed by atoms with Crippen molar-refractivity contribution < 1.29 is 9.21 Å². The van der Waals surface area contributed by atoms with E-state index in [4.69, 9.17) is 4.42 Å². The second-order valence-corrected chi connectivity index (χ2v) is 7.12. The van der Waals surface area contributed by atoms with Gasteiger partial charge in [0.05, 0.1) is 5.52 Å². The fourth-order valence-corrected chi connectivity index (χ4v) is 4.62. The van der Waals surface area contributed by atoms with Gasteiger partial charge in [0, 0.05) is 6.04 Å². The van der Waals surface area contributed by atoms with Crippen molar-refractivity contribution in [1.29, 1.82) is 0 Å². The molecule has 4 rings (SSSR count). The van der Waals surface area contributed by atoms with E-state index >= 15 is 0 Å². The van der Waals surface area contributed by atoms with Crippen LogP contribution in [-0.4, -0.2) is 16.5 Å². The third kappa shape index (κ3) is 2.58. The number of carbonyl (C=O) groups is 1. The quantitative estimate of drug-likeness (QED) is 0.943. The molecule has 1 amide bonds. The van der Waals surface area contributed by atoms with E-state index in [-0.39, 0.29) is 18.5 Å². The van der Waals surface area contributed by atoms with Gasteiger partial charge in [0.1, 0.15) is 6.54 Å². The lowest BCUT2D eigenvalue weighted by Gasteiger charge is -2.28. The summed E-state index contributed by atoms with van der Waals surface area (Å²) in [5.41, 5.74) is 1.19. The number of para-hydroxylation sites is 2. The van der Waals surface area contributed by atoms with Gasteiger partial charge < -0.3 is 9.73 Å². The molecule has 23 heavy (non-hydrogen) atoms. The van der Waals surface area contributed by atoms with Gasteiger partial charge >= 0.3 is 5.76 Å². The van der Waals surface area contributed by atoms with Gasteiger partial charge in [0.25, 0.3) is 0 Å². The third-order valence-corrected chi connectivity index (χ3v) is 5.70. The molecular formula is C18H22N2O3. The molecule has 2 bridgehead atoms. The molecule has 122 valence electrons. The third-order valence-electron chi connectivity index (χ3n) is 5.70. The summed E-state index contributed by atoms with van der Waals surface area (Å²) in [6, 6.07) is 7.36. The highest BCUT2D eigenvalue weighted by molar-refractivity contribution is 5.79. The predicted molar refractivity (Wildman–Crippen MR) is 87.0 cm³/mol. The van der Waals surface area contributed by atoms with Crippen LogP contribution < -0.4 is 11.1 Å². The lowest BCUT2D eigenvalue weighted by Crippen LogP contribution is -2.42. The number of rotatable bonds is 4. The van der Waals surface area contributed by atoms with Crippen LogP contribution in [0.3, 0.4) is 0 Å². The van der Waals surface area contributed by atoms with Crippen molar-refractivity contribution in [2.24, 2.45) is 17.8 Å². The lowest BCUT2D eigenvalue weighted by molar-refractivity contribution is -0.122. The van der Waals surface area contributed by atoms with E-state index < -0.39 is 5.76 Å². The highest BCUT2D eigenvalue weighted by Crippen LogP contribution is 2.49. The normalized spacial score (nSPS) is 27.4. The number of amides is 1. The highest BCUT2D eigenvalue weighted by Gasteiger charge is 2.42. The number of hydrogen-bond donors (Lipinski definition) is 1. The van der Waals surface area contributed by atoms with Gasteiger partial charge in [-0.3, -0.25) is 9.36 Å². The first-order valence-corrected chi connectivity index (χ1v) is 8.49. The molecular weight excluding hydrogens is 292 g/mol. The van der Waals surface area contributed by atoms with Gasteiger partial charge in [-0.15, -0.1) is 0 Å². The Bertz CT molecular complexity index is 791. The molecule has 1 aromatic heterocycles. The molecule has 0 unspecified atom stereocenters. The predicted octanol–water partition coefficient (Wildman–Crippen LogP) is 2.54. The van der Waals surface area contributed by atoms with Crippen LogP contribution in [0.25, 0.3) is 11.1 Å². The molecule has 0 aliphatic heterocycles. The molecule has 0 radical (unpaired) electrons. The lowest BCUT2D eigenvalue weighted by atomic mass is 9.84. The molecule has 4 atom stereocenters. The summed E-state index contributed by atoms with van der Waals surface area (Å²) in [5, 5.41) is 3.10. The van der Waals surface area contributed by atoms with Crippen LogP contribution in [0.5, 0.6) is 0 Å². The number of hydrogen-bond acceptors (Lipinski definition) is 3. The Morgan fingerprint density at radius 2 is 2.17 bits per heavy atom. The van der Waals surface area contributed by atoms with Crippen LogP contribution in [0.2, 0.25) is 0 Å². The number of benzene rings is 1. The second kappa shape index (κ2) is 5.55. The van der Waals surface area contributed by atoms with Crippen LogP contribution in [0.1, 0.15) is 32.6 Å². The molecule has 2 saturated carbocycles. The zero-order valence-corrected chi connectivity index (χ0v) is 13.3. The zero-order chi connectivity index (χ0) is 16.0. The number of oxazole rings is 1. The molecule has 1 N–H and O–H groups in total. The van der Waals surface area contributed by atoms with Crippen LogP contribution in [0, 0.1) is 17.8 Å². The van der Waals surface area contributed by atoms with E-state index in [0.717, 1.165) is 11.8 Å². The summed E-state index contributed by atoms with van der Waals surface area (Å²) in [6.45, 7) is 2.11. The van der Waals surface area contributed by atoms with Crippen molar-refractivity contribution in [3.05, 3.63) is 34.8 Å². The van der Waals surface area contributed by atoms with E-state index in [1.54, 1.807) is 12.1 Å². The second-order valence-electron chi connectivity index (χ2n) is 7.12. The number of carbonyl (C=O) groups excluding carboxylic acids is 1. The first-order chi connectivity index (χ1) is 11.1. The van der Waals surface area contributed by atoms with Crippen LogP contribution >= 0.6 is 0 Å². The fraction of sp³-hybridized carbons (Fsp3) is 0.556. The van der Waals surface area contributed by atoms with Crippen LogP contribution in [0.15, 0.2) is 33.5 Å². The van der Waals surface area contributed by atoms with E-state index in [0.29, 0.717) is 17.0 Å². The van der Waals surface area contributed by atoms with Crippen molar-refractivity contribution in [1.82, 2.24) is 9.88 Å². The fourth-order valence-electron chi connectivity index (χ4n) is 4.62. The Balaban J connectivity index is 1.45. The standard InChI is InChI=1S/C18H22N2O3/c1-11(14-9-12-6-7-13(14)8-12)19-17(21)10-20-15-4-2-3-5-16(15)23-18(20)22/h2-5,11-14H,6-10H2,1H3,(H,19,21)/t11-,12+,13+,14+/m1/s1. The summed E-state index contributed by atoms with van der Waals surface area (Å²) >= 11 is 0. The van der Waals surface area contributed by atoms with Crippen molar-refractivity contribution in [3.8, 4) is 0 Å². The maximum absolute atomic E-state index is 12.4. The zero-order valence-electron chi connectivity index (χ0n) is 13.3. The van der Waals surface area contributed by atoms with Gasteiger partial charge in [-0.1, -0.05) is 18.6 Å². The molecule has 2 aliphatic rings. The van der Waals surface area contributed by atoms with E-state index in [9.17, 15) is 9.59 Å². The number of aromatic nitrogens is 1. The monoisotopic (exact) mass is 314 g/mol. The Morgan fingerprint density at radius 3 is 2.91 bits per heavy atom. The van der Waals surface area contributed by atoms with Crippen molar-refractivity contribution >= 4 is 17.0 Å². The molecule has 5 nitrogen and oxygen atoms in total. The Kier molecular flexibility index (Phi) is 3.51. The minimum absolute atomic E-state index is 0.0149. The Hall–Kier alpha value is -2.04. The smallest absolute Gasteiger partial charge is 0.408 e. The van der Waals surface area contributed by atoms with E-state index in [2.05, 4.69) is 12.2 Å². The van der Waals surface area contributed by atoms with Crippen molar-refractivity contribution in [3.63, 3.8) is 0 Å².